The average Bonchev–Trinajstić information content (AvgIpc) is 3.50. The van der Waals surface area contributed by atoms with Crippen LogP contribution in [-0.2, 0) is 9.53 Å². The molecule has 10 heteroatoms. The van der Waals surface area contributed by atoms with Gasteiger partial charge in [0.25, 0.3) is 5.56 Å². The third kappa shape index (κ3) is 4.73. The minimum Gasteiger partial charge on any atom is -0.379 e. The molecule has 0 aliphatic carbocycles. The second-order valence-corrected chi connectivity index (χ2v) is 9.96. The number of ether oxygens (including phenoxy) is 1. The fourth-order valence-electron chi connectivity index (χ4n) is 5.57. The summed E-state index contributed by atoms with van der Waals surface area (Å²) in [6, 6.07) is 5.99. The molecule has 2 aromatic rings. The highest BCUT2D eigenvalue weighted by Gasteiger charge is 2.49. The zero-order valence-corrected chi connectivity index (χ0v) is 20.1. The molecule has 3 saturated heterocycles. The number of rotatable bonds is 7. The van der Waals surface area contributed by atoms with E-state index in [0.717, 1.165) is 63.5 Å². The topological polar surface area (TPSA) is 118 Å². The zero-order chi connectivity index (χ0) is 24.4. The second kappa shape index (κ2) is 9.66. The molecule has 3 fully saturated rings. The van der Waals surface area contributed by atoms with E-state index in [2.05, 4.69) is 31.1 Å². The first-order valence-electron chi connectivity index (χ1n) is 12.3. The monoisotopic (exact) mass is 477 g/mol. The molecule has 1 spiro atoms. The van der Waals surface area contributed by atoms with Crippen LogP contribution >= 0.6 is 0 Å². The molecule has 0 saturated carbocycles. The van der Waals surface area contributed by atoms with Crippen molar-refractivity contribution in [2.24, 2.45) is 5.41 Å². The summed E-state index contributed by atoms with van der Waals surface area (Å²) in [5, 5.41) is 15.4. The fraction of sp³-hybridized carbons (Fsp3) is 0.560. The summed E-state index contributed by atoms with van der Waals surface area (Å²) in [5.41, 5.74) is 2.09. The summed E-state index contributed by atoms with van der Waals surface area (Å²) >= 11 is 0. The number of nitriles is 1. The number of hydrogen-bond acceptors (Lipinski definition) is 8. The van der Waals surface area contributed by atoms with E-state index < -0.39 is 0 Å². The number of aromatic amines is 1. The van der Waals surface area contributed by atoms with Gasteiger partial charge in [0.2, 0.25) is 5.91 Å². The van der Waals surface area contributed by atoms with Gasteiger partial charge in [0.05, 0.1) is 43.1 Å². The van der Waals surface area contributed by atoms with E-state index in [1.54, 1.807) is 18.5 Å². The van der Waals surface area contributed by atoms with Gasteiger partial charge in [-0.2, -0.15) is 10.4 Å². The smallest absolute Gasteiger partial charge is 0.269 e. The molecule has 1 amide bonds. The van der Waals surface area contributed by atoms with E-state index in [4.69, 9.17) is 10.00 Å². The molecule has 0 aromatic carbocycles. The Hall–Kier alpha value is -3.45. The number of carbonyl (C=O) groups is 1. The Kier molecular flexibility index (Phi) is 6.43. The van der Waals surface area contributed by atoms with Gasteiger partial charge in [0, 0.05) is 49.9 Å². The SMILES string of the molecule is Cc1c(N2CCC[C@H]2COCCC(=O)N2CC3(CCN(c4ccc(C#N)cn4)C3)C2)cn[nH]c1=O. The molecule has 5 rings (SSSR count). The maximum atomic E-state index is 12.7. The van der Waals surface area contributed by atoms with Crippen LogP contribution in [0.4, 0.5) is 11.5 Å². The molecule has 0 unspecified atom stereocenters. The van der Waals surface area contributed by atoms with E-state index in [1.807, 2.05) is 17.9 Å². The Morgan fingerprint density at radius 1 is 1.29 bits per heavy atom. The lowest BCUT2D eigenvalue weighted by Gasteiger charge is -2.48. The number of anilines is 2. The van der Waals surface area contributed by atoms with Crippen molar-refractivity contribution in [1.29, 1.82) is 5.26 Å². The predicted molar refractivity (Wildman–Crippen MR) is 130 cm³/mol. The van der Waals surface area contributed by atoms with Gasteiger partial charge in [-0.05, 0) is 38.3 Å². The number of likely N-dealkylation sites (tertiary alicyclic amines) is 1. The number of nitrogens with zero attached hydrogens (tertiary/aromatic N) is 6. The third-order valence-electron chi connectivity index (χ3n) is 7.58. The molecule has 184 valence electrons. The maximum Gasteiger partial charge on any atom is 0.269 e. The molecule has 3 aliphatic heterocycles. The first-order chi connectivity index (χ1) is 17.0. The highest BCUT2D eigenvalue weighted by atomic mass is 16.5. The highest BCUT2D eigenvalue weighted by molar-refractivity contribution is 5.77. The van der Waals surface area contributed by atoms with Crippen molar-refractivity contribution in [2.45, 2.75) is 38.6 Å². The number of carbonyl (C=O) groups excluding carboxylic acids is 1. The summed E-state index contributed by atoms with van der Waals surface area (Å²) in [4.78, 5) is 35.4. The summed E-state index contributed by atoms with van der Waals surface area (Å²) in [6.45, 7) is 7.01. The van der Waals surface area contributed by atoms with E-state index in [9.17, 15) is 9.59 Å². The molecule has 5 heterocycles. The van der Waals surface area contributed by atoms with Gasteiger partial charge >= 0.3 is 0 Å². The van der Waals surface area contributed by atoms with Crippen molar-refractivity contribution in [1.82, 2.24) is 20.1 Å². The molecule has 0 radical (unpaired) electrons. The number of nitrogens with one attached hydrogen (secondary N) is 1. The number of H-pyrrole nitrogens is 1. The van der Waals surface area contributed by atoms with Crippen LogP contribution < -0.4 is 15.4 Å². The minimum absolute atomic E-state index is 0.142. The summed E-state index contributed by atoms with van der Waals surface area (Å²) < 4.78 is 5.90. The van der Waals surface area contributed by atoms with Crippen molar-refractivity contribution in [2.75, 3.05) is 55.7 Å². The summed E-state index contributed by atoms with van der Waals surface area (Å²) in [7, 11) is 0. The quantitative estimate of drug-likeness (QED) is 0.596. The van der Waals surface area contributed by atoms with Crippen LogP contribution in [0, 0.1) is 23.7 Å². The Bertz CT molecular complexity index is 1170. The van der Waals surface area contributed by atoms with Gasteiger partial charge in [-0.3, -0.25) is 9.59 Å². The maximum absolute atomic E-state index is 12.7. The number of hydrogen-bond donors (Lipinski definition) is 1. The van der Waals surface area contributed by atoms with Crippen LogP contribution in [0.25, 0.3) is 0 Å². The molecule has 2 aromatic heterocycles. The van der Waals surface area contributed by atoms with E-state index in [0.29, 0.717) is 30.8 Å². The second-order valence-electron chi connectivity index (χ2n) is 9.96. The molecule has 10 nitrogen and oxygen atoms in total. The minimum atomic E-state index is -0.162. The van der Waals surface area contributed by atoms with Crippen LogP contribution in [0.15, 0.2) is 29.3 Å². The largest absolute Gasteiger partial charge is 0.379 e. The van der Waals surface area contributed by atoms with Crippen molar-refractivity contribution in [3.63, 3.8) is 0 Å². The third-order valence-corrected chi connectivity index (χ3v) is 7.58. The van der Waals surface area contributed by atoms with Crippen molar-refractivity contribution in [3.8, 4) is 6.07 Å². The van der Waals surface area contributed by atoms with Crippen LogP contribution in [0.1, 0.15) is 36.8 Å². The molecule has 1 atom stereocenters. The molecule has 0 bridgehead atoms. The predicted octanol–water partition coefficient (Wildman–Crippen LogP) is 1.46. The fourth-order valence-corrected chi connectivity index (χ4v) is 5.57. The average molecular weight is 478 g/mol. The van der Waals surface area contributed by atoms with E-state index >= 15 is 0 Å². The lowest BCUT2D eigenvalue weighted by atomic mass is 9.79. The van der Waals surface area contributed by atoms with Crippen LogP contribution in [0.5, 0.6) is 0 Å². The first-order valence-corrected chi connectivity index (χ1v) is 12.3. The van der Waals surface area contributed by atoms with Gasteiger partial charge in [-0.15, -0.1) is 0 Å². The number of aromatic nitrogens is 3. The van der Waals surface area contributed by atoms with Crippen molar-refractivity contribution in [3.05, 3.63) is 46.0 Å². The van der Waals surface area contributed by atoms with E-state index in [1.165, 1.54) is 0 Å². The van der Waals surface area contributed by atoms with Gasteiger partial charge in [0.15, 0.2) is 0 Å². The molecule has 1 N–H and O–H groups in total. The molecular formula is C25H31N7O3. The normalized spacial score (nSPS) is 20.8. The van der Waals surface area contributed by atoms with Crippen molar-refractivity contribution >= 4 is 17.4 Å². The Labute approximate surface area is 204 Å². The first kappa shape index (κ1) is 23.3. The summed E-state index contributed by atoms with van der Waals surface area (Å²) in [6.07, 6.45) is 6.79. The Morgan fingerprint density at radius 2 is 2.14 bits per heavy atom. The van der Waals surface area contributed by atoms with Crippen LogP contribution in [-0.4, -0.2) is 78.0 Å². The lowest BCUT2D eigenvalue weighted by Crippen LogP contribution is -2.59. The Balaban J connectivity index is 1.05. The van der Waals surface area contributed by atoms with E-state index in [-0.39, 0.29) is 22.9 Å². The van der Waals surface area contributed by atoms with Gasteiger partial charge < -0.3 is 19.4 Å². The summed E-state index contributed by atoms with van der Waals surface area (Å²) in [5.74, 6) is 1.04. The van der Waals surface area contributed by atoms with Gasteiger partial charge in [-0.25, -0.2) is 10.1 Å². The van der Waals surface area contributed by atoms with Gasteiger partial charge in [0.1, 0.15) is 11.9 Å². The van der Waals surface area contributed by atoms with Gasteiger partial charge in [-0.1, -0.05) is 0 Å². The molecular weight excluding hydrogens is 446 g/mol. The number of amides is 1. The lowest BCUT2D eigenvalue weighted by molar-refractivity contribution is -0.143. The Morgan fingerprint density at radius 3 is 2.91 bits per heavy atom. The number of pyridine rings is 1. The van der Waals surface area contributed by atoms with Crippen LogP contribution in [0.3, 0.4) is 0 Å². The van der Waals surface area contributed by atoms with Crippen LogP contribution in [0.2, 0.25) is 0 Å². The highest BCUT2D eigenvalue weighted by Crippen LogP contribution is 2.41. The standard InChI is InChI=1S/C25H31N7O3/c1-18-21(13-28-29-24(18)34)32-8-2-3-20(32)14-35-10-6-23(33)31-16-25(17-31)7-9-30(15-25)22-5-4-19(11-26)12-27-22/h4-5,12-13,20H,2-3,6-10,14-17H2,1H3,(H,29,34)/t20-/m0/s1. The van der Waals surface area contributed by atoms with Crippen molar-refractivity contribution < 1.29 is 9.53 Å². The molecule has 3 aliphatic rings. The zero-order valence-electron chi connectivity index (χ0n) is 20.1. The molecule has 35 heavy (non-hydrogen) atoms.